The summed E-state index contributed by atoms with van der Waals surface area (Å²) in [4.78, 5) is 22.5. The van der Waals surface area contributed by atoms with Crippen LogP contribution in [0.1, 0.15) is 11.5 Å². The maximum atomic E-state index is 11.9. The van der Waals surface area contributed by atoms with Crippen molar-refractivity contribution in [2.75, 3.05) is 32.2 Å². The minimum atomic E-state index is -0.313. The van der Waals surface area contributed by atoms with Gasteiger partial charge >= 0.3 is 0 Å². The lowest BCUT2D eigenvalue weighted by atomic mass is 10.2. The minimum absolute atomic E-state index is 0.0606. The number of rotatable bonds is 4. The van der Waals surface area contributed by atoms with Gasteiger partial charge in [0.1, 0.15) is 17.7 Å². The van der Waals surface area contributed by atoms with Crippen LogP contribution in [0.4, 0.5) is 5.82 Å². The summed E-state index contributed by atoms with van der Waals surface area (Å²) < 4.78 is 5.37. The molecular weight excluding hydrogens is 260 g/mol. The molecule has 8 nitrogen and oxygen atoms in total. The van der Waals surface area contributed by atoms with E-state index in [1.807, 2.05) is 11.8 Å². The number of hydrogen-bond donors (Lipinski definition) is 3. The number of carbonyl (C=O) groups excluding carboxylic acids is 1. The van der Waals surface area contributed by atoms with Crippen molar-refractivity contribution in [2.45, 2.75) is 19.5 Å². The van der Waals surface area contributed by atoms with Gasteiger partial charge in [0.05, 0.1) is 19.8 Å². The summed E-state index contributed by atoms with van der Waals surface area (Å²) in [5, 5.41) is 2.65. The first kappa shape index (κ1) is 14.6. The van der Waals surface area contributed by atoms with Gasteiger partial charge in [0.15, 0.2) is 0 Å². The average molecular weight is 280 g/mol. The van der Waals surface area contributed by atoms with Crippen LogP contribution in [0.25, 0.3) is 0 Å². The number of aromatic nitrogens is 2. The maximum absolute atomic E-state index is 11.9. The second-order valence-electron chi connectivity index (χ2n) is 4.63. The lowest BCUT2D eigenvalue weighted by Crippen LogP contribution is -2.52. The molecule has 0 radical (unpaired) electrons. The molecule has 0 bridgehead atoms. The zero-order valence-electron chi connectivity index (χ0n) is 11.7. The van der Waals surface area contributed by atoms with E-state index in [2.05, 4.69) is 20.7 Å². The van der Waals surface area contributed by atoms with Gasteiger partial charge in [-0.25, -0.2) is 15.8 Å². The largest absolute Gasteiger partial charge is 0.378 e. The molecule has 1 amide bonds. The van der Waals surface area contributed by atoms with E-state index in [9.17, 15) is 4.79 Å². The van der Waals surface area contributed by atoms with E-state index in [1.54, 1.807) is 13.1 Å². The van der Waals surface area contributed by atoms with Crippen LogP contribution in [0.3, 0.4) is 0 Å². The molecule has 1 saturated heterocycles. The molecule has 1 fully saturated rings. The number of anilines is 1. The van der Waals surface area contributed by atoms with Gasteiger partial charge in [0.2, 0.25) is 5.91 Å². The molecule has 20 heavy (non-hydrogen) atoms. The highest BCUT2D eigenvalue weighted by molar-refractivity contribution is 5.81. The third kappa shape index (κ3) is 3.41. The highest BCUT2D eigenvalue weighted by Gasteiger charge is 2.29. The van der Waals surface area contributed by atoms with Crippen LogP contribution >= 0.6 is 0 Å². The molecule has 110 valence electrons. The van der Waals surface area contributed by atoms with E-state index in [0.717, 1.165) is 5.69 Å². The van der Waals surface area contributed by atoms with Gasteiger partial charge in [-0.05, 0) is 6.92 Å². The van der Waals surface area contributed by atoms with Gasteiger partial charge in [-0.2, -0.15) is 0 Å². The molecule has 0 aliphatic carbocycles. The van der Waals surface area contributed by atoms with Crippen molar-refractivity contribution in [3.05, 3.63) is 17.6 Å². The van der Waals surface area contributed by atoms with Gasteiger partial charge in [-0.1, -0.05) is 0 Å². The summed E-state index contributed by atoms with van der Waals surface area (Å²) in [5.41, 5.74) is 3.34. The molecule has 1 aromatic heterocycles. The molecule has 1 atom stereocenters. The predicted octanol–water partition coefficient (Wildman–Crippen LogP) is -0.983. The molecule has 2 heterocycles. The summed E-state index contributed by atoms with van der Waals surface area (Å²) >= 11 is 0. The SMILES string of the molecule is CNC(=O)C1COCCN1Cc1nc(C)cc(NN)n1. The number of nitrogens with zero attached hydrogens (tertiary/aromatic N) is 3. The Bertz CT molecular complexity index is 481. The van der Waals surface area contributed by atoms with Crippen LogP contribution in [-0.2, 0) is 16.1 Å². The van der Waals surface area contributed by atoms with E-state index >= 15 is 0 Å². The van der Waals surface area contributed by atoms with Crippen molar-refractivity contribution < 1.29 is 9.53 Å². The van der Waals surface area contributed by atoms with Crippen molar-refractivity contribution in [3.8, 4) is 0 Å². The summed E-state index contributed by atoms with van der Waals surface area (Å²) in [5.74, 6) is 6.52. The Morgan fingerprint density at radius 2 is 2.40 bits per heavy atom. The second-order valence-corrected chi connectivity index (χ2v) is 4.63. The molecule has 1 aliphatic heterocycles. The molecule has 4 N–H and O–H groups in total. The number of hydrogen-bond acceptors (Lipinski definition) is 7. The Labute approximate surface area is 117 Å². The lowest BCUT2D eigenvalue weighted by Gasteiger charge is -2.33. The second kappa shape index (κ2) is 6.60. The van der Waals surface area contributed by atoms with Crippen molar-refractivity contribution in [2.24, 2.45) is 5.84 Å². The fraction of sp³-hybridized carbons (Fsp3) is 0.583. The standard InChI is InChI=1S/C12H20N6O2/c1-8-5-10(17-13)16-11(15-8)6-18-3-4-20-7-9(18)12(19)14-2/h5,9H,3-4,6-7,13H2,1-2H3,(H,14,19)(H,15,16,17). The van der Waals surface area contributed by atoms with Crippen LogP contribution in [0, 0.1) is 6.92 Å². The van der Waals surface area contributed by atoms with Crippen molar-refractivity contribution in [3.63, 3.8) is 0 Å². The molecule has 1 unspecified atom stereocenters. The Hall–Kier alpha value is -1.77. The molecule has 0 spiro atoms. The topological polar surface area (TPSA) is 105 Å². The van der Waals surface area contributed by atoms with Crippen LogP contribution in [0.5, 0.6) is 0 Å². The smallest absolute Gasteiger partial charge is 0.239 e. The zero-order valence-corrected chi connectivity index (χ0v) is 11.7. The Morgan fingerprint density at radius 1 is 1.60 bits per heavy atom. The molecular formula is C12H20N6O2. The normalized spacial score (nSPS) is 19.6. The number of nitrogens with one attached hydrogen (secondary N) is 2. The average Bonchev–Trinajstić information content (AvgIpc) is 2.46. The van der Waals surface area contributed by atoms with E-state index in [1.165, 1.54) is 0 Å². The summed E-state index contributed by atoms with van der Waals surface area (Å²) in [6.07, 6.45) is 0. The number of nitrogen functional groups attached to an aromatic ring is 1. The summed E-state index contributed by atoms with van der Waals surface area (Å²) in [7, 11) is 1.62. The van der Waals surface area contributed by atoms with E-state index in [-0.39, 0.29) is 11.9 Å². The number of likely N-dealkylation sites (N-methyl/N-ethyl adjacent to an activating group) is 1. The van der Waals surface area contributed by atoms with Crippen molar-refractivity contribution in [1.29, 1.82) is 0 Å². The number of ether oxygens (including phenoxy) is 1. The van der Waals surface area contributed by atoms with Gasteiger partial charge in [-0.15, -0.1) is 0 Å². The molecule has 2 rings (SSSR count). The minimum Gasteiger partial charge on any atom is -0.378 e. The predicted molar refractivity (Wildman–Crippen MR) is 73.7 cm³/mol. The number of aryl methyl sites for hydroxylation is 1. The molecule has 1 aliphatic rings. The molecule has 0 aromatic carbocycles. The van der Waals surface area contributed by atoms with Crippen LogP contribution in [0.15, 0.2) is 6.07 Å². The Balaban J connectivity index is 2.14. The van der Waals surface area contributed by atoms with Gasteiger partial charge < -0.3 is 15.5 Å². The van der Waals surface area contributed by atoms with Crippen LogP contribution in [-0.4, -0.2) is 53.6 Å². The first-order valence-corrected chi connectivity index (χ1v) is 6.48. The Kier molecular flexibility index (Phi) is 4.83. The third-order valence-corrected chi connectivity index (χ3v) is 3.18. The summed E-state index contributed by atoms with van der Waals surface area (Å²) in [6.45, 7) is 4.01. The maximum Gasteiger partial charge on any atom is 0.239 e. The number of hydrazine groups is 1. The van der Waals surface area contributed by atoms with Crippen LogP contribution in [0.2, 0.25) is 0 Å². The Morgan fingerprint density at radius 3 is 3.10 bits per heavy atom. The van der Waals surface area contributed by atoms with Crippen LogP contribution < -0.4 is 16.6 Å². The number of carbonyl (C=O) groups is 1. The van der Waals surface area contributed by atoms with E-state index < -0.39 is 0 Å². The van der Waals surface area contributed by atoms with E-state index in [0.29, 0.717) is 37.9 Å². The fourth-order valence-corrected chi connectivity index (χ4v) is 2.19. The van der Waals surface area contributed by atoms with Crippen molar-refractivity contribution in [1.82, 2.24) is 20.2 Å². The first-order valence-electron chi connectivity index (χ1n) is 6.48. The monoisotopic (exact) mass is 280 g/mol. The molecule has 0 saturated carbocycles. The highest BCUT2D eigenvalue weighted by Crippen LogP contribution is 2.12. The van der Waals surface area contributed by atoms with Gasteiger partial charge in [-0.3, -0.25) is 9.69 Å². The summed E-state index contributed by atoms with van der Waals surface area (Å²) in [6, 6.07) is 1.45. The lowest BCUT2D eigenvalue weighted by molar-refractivity contribution is -0.132. The number of nitrogens with two attached hydrogens (primary N) is 1. The number of morpholine rings is 1. The first-order chi connectivity index (χ1) is 9.63. The zero-order chi connectivity index (χ0) is 14.5. The van der Waals surface area contributed by atoms with Crippen molar-refractivity contribution >= 4 is 11.7 Å². The highest BCUT2D eigenvalue weighted by atomic mass is 16.5. The fourth-order valence-electron chi connectivity index (χ4n) is 2.19. The molecule has 8 heteroatoms. The number of amides is 1. The van der Waals surface area contributed by atoms with E-state index in [4.69, 9.17) is 10.6 Å². The quantitative estimate of drug-likeness (QED) is 0.481. The van der Waals surface area contributed by atoms with Gasteiger partial charge in [0.25, 0.3) is 0 Å². The third-order valence-electron chi connectivity index (χ3n) is 3.18. The molecule has 1 aromatic rings. The van der Waals surface area contributed by atoms with Gasteiger partial charge in [0, 0.05) is 25.4 Å².